The molecule has 0 aliphatic heterocycles. The van der Waals surface area contributed by atoms with E-state index in [1.807, 2.05) is 0 Å². The molecule has 148 valence electrons. The molecule has 0 fully saturated rings. The number of nitrogens with one attached hydrogen (secondary N) is 1. The summed E-state index contributed by atoms with van der Waals surface area (Å²) in [5.41, 5.74) is 1.97. The van der Waals surface area contributed by atoms with Crippen LogP contribution in [0.15, 0.2) is 65.1 Å². The first-order chi connectivity index (χ1) is 13.9. The Kier molecular flexibility index (Phi) is 6.75. The molecule has 0 bridgehead atoms. The van der Waals surface area contributed by atoms with Gasteiger partial charge in [0.15, 0.2) is 5.76 Å². The third-order valence-corrected chi connectivity index (χ3v) is 4.26. The zero-order valence-corrected chi connectivity index (χ0v) is 17.0. The van der Waals surface area contributed by atoms with Crippen LogP contribution in [0.25, 0.3) is 17.4 Å². The summed E-state index contributed by atoms with van der Waals surface area (Å²) in [6.45, 7) is 2.05. The van der Waals surface area contributed by atoms with Gasteiger partial charge in [-0.05, 0) is 61.0 Å². The van der Waals surface area contributed by atoms with Gasteiger partial charge in [-0.25, -0.2) is 4.79 Å². The van der Waals surface area contributed by atoms with E-state index in [1.165, 1.54) is 6.08 Å². The maximum atomic E-state index is 12.5. The molecule has 0 aliphatic carbocycles. The highest BCUT2D eigenvalue weighted by atomic mass is 35.5. The highest BCUT2D eigenvalue weighted by Gasteiger charge is 2.13. The highest BCUT2D eigenvalue weighted by Crippen LogP contribution is 2.29. The number of benzene rings is 2. The summed E-state index contributed by atoms with van der Waals surface area (Å²) in [6.07, 6.45) is 2.95. The number of rotatable bonds is 6. The average molecular weight is 430 g/mol. The van der Waals surface area contributed by atoms with Crippen LogP contribution < -0.4 is 5.32 Å². The van der Waals surface area contributed by atoms with Crippen molar-refractivity contribution in [2.75, 3.05) is 11.9 Å². The van der Waals surface area contributed by atoms with E-state index in [0.717, 1.165) is 5.56 Å². The number of carbonyl (C=O) groups excluding carboxylic acids is 2. The van der Waals surface area contributed by atoms with E-state index in [4.69, 9.17) is 32.4 Å². The van der Waals surface area contributed by atoms with Gasteiger partial charge in [0, 0.05) is 27.4 Å². The Morgan fingerprint density at radius 2 is 1.83 bits per heavy atom. The molecule has 0 saturated carbocycles. The van der Waals surface area contributed by atoms with E-state index in [2.05, 4.69) is 5.32 Å². The van der Waals surface area contributed by atoms with Crippen LogP contribution in [0.5, 0.6) is 0 Å². The first kappa shape index (κ1) is 20.7. The van der Waals surface area contributed by atoms with Crippen molar-refractivity contribution in [1.29, 1.82) is 0 Å². The van der Waals surface area contributed by atoms with Crippen molar-refractivity contribution in [2.45, 2.75) is 6.92 Å². The predicted octanol–water partition coefficient (Wildman–Crippen LogP) is 6.08. The van der Waals surface area contributed by atoms with Gasteiger partial charge in [0.25, 0.3) is 5.91 Å². The van der Waals surface area contributed by atoms with Crippen molar-refractivity contribution in [3.63, 3.8) is 0 Å². The van der Waals surface area contributed by atoms with Crippen LogP contribution in [0, 0.1) is 0 Å². The number of ether oxygens (including phenoxy) is 1. The van der Waals surface area contributed by atoms with E-state index >= 15 is 0 Å². The zero-order valence-electron chi connectivity index (χ0n) is 15.4. The minimum Gasteiger partial charge on any atom is -0.463 e. The van der Waals surface area contributed by atoms with Gasteiger partial charge in [0.1, 0.15) is 5.76 Å². The Labute approximate surface area is 177 Å². The van der Waals surface area contributed by atoms with Gasteiger partial charge in [0.05, 0.1) is 6.61 Å². The molecule has 1 heterocycles. The van der Waals surface area contributed by atoms with E-state index in [9.17, 15) is 9.59 Å². The quantitative estimate of drug-likeness (QED) is 0.380. The third-order valence-electron chi connectivity index (χ3n) is 3.82. The van der Waals surface area contributed by atoms with Gasteiger partial charge in [-0.1, -0.05) is 35.3 Å². The van der Waals surface area contributed by atoms with Gasteiger partial charge < -0.3 is 14.5 Å². The minimum absolute atomic E-state index is 0.142. The molecule has 3 aromatic rings. The number of amides is 1. The molecule has 5 nitrogen and oxygen atoms in total. The molecule has 0 saturated heterocycles. The topological polar surface area (TPSA) is 68.5 Å². The molecule has 1 aromatic heterocycles. The van der Waals surface area contributed by atoms with Gasteiger partial charge in [-0.15, -0.1) is 0 Å². The molecule has 0 atom stereocenters. The van der Waals surface area contributed by atoms with E-state index in [1.54, 1.807) is 67.6 Å². The van der Waals surface area contributed by atoms with Crippen LogP contribution in [0.2, 0.25) is 10.0 Å². The number of halogens is 2. The summed E-state index contributed by atoms with van der Waals surface area (Å²) in [4.78, 5) is 23.9. The number of furan rings is 1. The number of hydrogen-bond acceptors (Lipinski definition) is 4. The molecule has 3 rings (SSSR count). The predicted molar refractivity (Wildman–Crippen MR) is 114 cm³/mol. The maximum Gasteiger partial charge on any atom is 0.330 e. The normalized spacial score (nSPS) is 10.9. The molecule has 0 spiro atoms. The molecule has 29 heavy (non-hydrogen) atoms. The number of anilines is 1. The molecule has 0 aliphatic rings. The largest absolute Gasteiger partial charge is 0.463 e. The lowest BCUT2D eigenvalue weighted by molar-refractivity contribution is -0.137. The molecule has 1 amide bonds. The van der Waals surface area contributed by atoms with Gasteiger partial charge in [-0.2, -0.15) is 0 Å². The molecule has 0 unspecified atom stereocenters. The summed E-state index contributed by atoms with van der Waals surface area (Å²) in [7, 11) is 0. The van der Waals surface area contributed by atoms with Crippen LogP contribution in [0.4, 0.5) is 5.69 Å². The summed E-state index contributed by atoms with van der Waals surface area (Å²) < 4.78 is 10.5. The van der Waals surface area contributed by atoms with Crippen molar-refractivity contribution >= 4 is 46.8 Å². The van der Waals surface area contributed by atoms with Crippen LogP contribution in [0.1, 0.15) is 23.0 Å². The highest BCUT2D eigenvalue weighted by molar-refractivity contribution is 6.35. The van der Waals surface area contributed by atoms with Crippen molar-refractivity contribution in [3.05, 3.63) is 82.0 Å². The van der Waals surface area contributed by atoms with Crippen molar-refractivity contribution in [2.24, 2.45) is 0 Å². The summed E-state index contributed by atoms with van der Waals surface area (Å²) in [5, 5.41) is 3.71. The standard InChI is InChI=1S/C22H17Cl2NO4/c1-2-28-21(26)9-6-14-4-3-5-18(10-14)25-22(27)20-8-7-19(29-20)15-11-16(23)13-17(24)12-15/h3-13H,2H2,1H3,(H,25,27)/b9-6+. The summed E-state index contributed by atoms with van der Waals surface area (Å²) >= 11 is 12.0. The number of carbonyl (C=O) groups is 2. The van der Waals surface area contributed by atoms with E-state index in [0.29, 0.717) is 33.7 Å². The Morgan fingerprint density at radius 3 is 2.55 bits per heavy atom. The fraction of sp³-hybridized carbons (Fsp3) is 0.0909. The summed E-state index contributed by atoms with van der Waals surface area (Å²) in [6, 6.07) is 15.3. The van der Waals surface area contributed by atoms with Crippen LogP contribution >= 0.6 is 23.2 Å². The van der Waals surface area contributed by atoms with E-state index < -0.39 is 11.9 Å². The lowest BCUT2D eigenvalue weighted by Gasteiger charge is -2.05. The molecule has 7 heteroatoms. The van der Waals surface area contributed by atoms with Gasteiger partial charge >= 0.3 is 5.97 Å². The van der Waals surface area contributed by atoms with Crippen molar-refractivity contribution in [3.8, 4) is 11.3 Å². The van der Waals surface area contributed by atoms with Crippen LogP contribution in [-0.4, -0.2) is 18.5 Å². The average Bonchev–Trinajstić information content (AvgIpc) is 3.17. The smallest absolute Gasteiger partial charge is 0.330 e. The Hall–Kier alpha value is -3.02. The lowest BCUT2D eigenvalue weighted by Crippen LogP contribution is -2.10. The molecular weight excluding hydrogens is 413 g/mol. The van der Waals surface area contributed by atoms with Crippen LogP contribution in [0.3, 0.4) is 0 Å². The Morgan fingerprint density at radius 1 is 1.07 bits per heavy atom. The third kappa shape index (κ3) is 5.73. The first-order valence-corrected chi connectivity index (χ1v) is 9.53. The van der Waals surface area contributed by atoms with Crippen molar-refractivity contribution < 1.29 is 18.7 Å². The maximum absolute atomic E-state index is 12.5. The second-order valence-corrected chi connectivity index (χ2v) is 6.86. The monoisotopic (exact) mass is 429 g/mol. The summed E-state index contributed by atoms with van der Waals surface area (Å²) in [5.74, 6) is -0.212. The van der Waals surface area contributed by atoms with Crippen molar-refractivity contribution in [1.82, 2.24) is 0 Å². The van der Waals surface area contributed by atoms with E-state index in [-0.39, 0.29) is 5.76 Å². The van der Waals surface area contributed by atoms with Gasteiger partial charge in [-0.3, -0.25) is 4.79 Å². The molecule has 1 N–H and O–H groups in total. The van der Waals surface area contributed by atoms with Gasteiger partial charge in [0.2, 0.25) is 0 Å². The Bertz CT molecular complexity index is 1050. The molecule has 0 radical (unpaired) electrons. The molecular formula is C22H17Cl2NO4. The fourth-order valence-corrected chi connectivity index (χ4v) is 3.10. The number of esters is 1. The Balaban J connectivity index is 1.72. The minimum atomic E-state index is -0.425. The SMILES string of the molecule is CCOC(=O)/C=C/c1cccc(NC(=O)c2ccc(-c3cc(Cl)cc(Cl)c3)o2)c1. The zero-order chi connectivity index (χ0) is 20.8. The number of hydrogen-bond donors (Lipinski definition) is 1. The first-order valence-electron chi connectivity index (χ1n) is 8.77. The fourth-order valence-electron chi connectivity index (χ4n) is 2.58. The van der Waals surface area contributed by atoms with Crippen LogP contribution in [-0.2, 0) is 9.53 Å². The molecule has 2 aromatic carbocycles. The lowest BCUT2D eigenvalue weighted by atomic mass is 10.2. The second kappa shape index (κ2) is 9.45. The second-order valence-electron chi connectivity index (χ2n) is 5.99.